The van der Waals surface area contributed by atoms with Crippen LogP contribution in [0.25, 0.3) is 10.9 Å². The van der Waals surface area contributed by atoms with Crippen LogP contribution in [0, 0.1) is 5.41 Å². The van der Waals surface area contributed by atoms with Gasteiger partial charge in [0.05, 0.1) is 6.10 Å². The molecule has 2 heterocycles. The summed E-state index contributed by atoms with van der Waals surface area (Å²) in [5.74, 6) is 0.135. The van der Waals surface area contributed by atoms with Gasteiger partial charge in [0.1, 0.15) is 0 Å². The number of carbonyl (C=O) groups excluding carboxylic acids is 1. The van der Waals surface area contributed by atoms with Crippen molar-refractivity contribution in [2.24, 2.45) is 5.41 Å². The van der Waals surface area contributed by atoms with Gasteiger partial charge in [0.25, 0.3) is 5.91 Å². The van der Waals surface area contributed by atoms with E-state index in [4.69, 9.17) is 0 Å². The molecular weight excluding hydrogens is 324 g/mol. The first-order valence-electron chi connectivity index (χ1n) is 10.3. The minimum atomic E-state index is -0.239. The molecule has 1 aromatic heterocycles. The number of hydrogen-bond acceptors (Lipinski definition) is 2. The van der Waals surface area contributed by atoms with Crippen molar-refractivity contribution >= 4 is 16.8 Å². The van der Waals surface area contributed by atoms with E-state index in [1.54, 1.807) is 0 Å². The van der Waals surface area contributed by atoms with Gasteiger partial charge in [-0.05, 0) is 75.1 Å². The fourth-order valence-electron chi connectivity index (χ4n) is 5.65. The fourth-order valence-corrected chi connectivity index (χ4v) is 5.65. The lowest BCUT2D eigenvalue weighted by Crippen LogP contribution is -2.49. The number of aromatic nitrogens is 1. The molecular formula is C22H28N2O2. The molecule has 1 saturated carbocycles. The normalized spacial score (nSPS) is 28.7. The highest BCUT2D eigenvalue weighted by Crippen LogP contribution is 2.45. The number of amides is 1. The highest BCUT2D eigenvalue weighted by molar-refractivity contribution is 5.99. The zero-order valence-electron chi connectivity index (χ0n) is 15.4. The van der Waals surface area contributed by atoms with E-state index < -0.39 is 0 Å². The summed E-state index contributed by atoms with van der Waals surface area (Å²) in [5.41, 5.74) is 4.69. The number of aliphatic hydroxyl groups is 1. The van der Waals surface area contributed by atoms with Crippen LogP contribution >= 0.6 is 0 Å². The summed E-state index contributed by atoms with van der Waals surface area (Å²) < 4.78 is 0. The number of hydrogen-bond donors (Lipinski definition) is 2. The number of aliphatic hydroxyl groups excluding tert-OH is 1. The van der Waals surface area contributed by atoms with E-state index in [2.05, 4.69) is 17.1 Å². The first-order valence-corrected chi connectivity index (χ1v) is 10.3. The Morgan fingerprint density at radius 2 is 2.00 bits per heavy atom. The Hall–Kier alpha value is -1.81. The Morgan fingerprint density at radius 3 is 2.85 bits per heavy atom. The number of piperidine rings is 1. The van der Waals surface area contributed by atoms with E-state index in [1.807, 2.05) is 11.0 Å². The quantitative estimate of drug-likeness (QED) is 0.820. The molecule has 1 aromatic carbocycles. The Bertz CT molecular complexity index is 855. The van der Waals surface area contributed by atoms with Gasteiger partial charge in [-0.15, -0.1) is 0 Å². The summed E-state index contributed by atoms with van der Waals surface area (Å²) >= 11 is 0. The average Bonchev–Trinajstić information content (AvgIpc) is 3.21. The Morgan fingerprint density at radius 1 is 1.15 bits per heavy atom. The van der Waals surface area contributed by atoms with Gasteiger partial charge in [0, 0.05) is 40.7 Å². The Labute approximate surface area is 154 Å². The molecule has 26 heavy (non-hydrogen) atoms. The zero-order chi connectivity index (χ0) is 17.7. The molecule has 4 nitrogen and oxygen atoms in total. The number of benzene rings is 1. The van der Waals surface area contributed by atoms with Crippen molar-refractivity contribution in [2.45, 2.75) is 63.9 Å². The number of rotatable bonds is 1. The Kier molecular flexibility index (Phi) is 3.85. The van der Waals surface area contributed by atoms with E-state index in [-0.39, 0.29) is 17.4 Å². The lowest BCUT2D eigenvalue weighted by Gasteiger charge is -2.42. The Balaban J connectivity index is 1.44. The van der Waals surface area contributed by atoms with E-state index in [0.717, 1.165) is 69.1 Å². The number of likely N-dealkylation sites (tertiary alicyclic amines) is 1. The van der Waals surface area contributed by atoms with E-state index in [1.165, 1.54) is 29.5 Å². The standard InChI is InChI=1S/C22H28N2O2/c25-20-7-3-10-22(20)11-4-12-24(14-22)21(26)15-8-9-19-17(13-15)16-5-1-2-6-18(16)23-19/h8-9,13,20,23,25H,1-7,10-12,14H2/t20-,22+/m1/s1. The first-order chi connectivity index (χ1) is 12.7. The predicted molar refractivity (Wildman–Crippen MR) is 102 cm³/mol. The van der Waals surface area contributed by atoms with Crippen molar-refractivity contribution in [3.8, 4) is 0 Å². The van der Waals surface area contributed by atoms with Gasteiger partial charge in [-0.2, -0.15) is 0 Å². The van der Waals surface area contributed by atoms with E-state index >= 15 is 0 Å². The minimum absolute atomic E-state index is 0.0503. The highest BCUT2D eigenvalue weighted by Gasteiger charge is 2.45. The summed E-state index contributed by atoms with van der Waals surface area (Å²) in [6.45, 7) is 1.53. The van der Waals surface area contributed by atoms with Crippen molar-refractivity contribution in [2.75, 3.05) is 13.1 Å². The van der Waals surface area contributed by atoms with Gasteiger partial charge in [0.2, 0.25) is 0 Å². The second-order valence-corrected chi connectivity index (χ2v) is 8.65. The van der Waals surface area contributed by atoms with Crippen molar-refractivity contribution < 1.29 is 9.90 Å². The molecule has 2 aromatic rings. The van der Waals surface area contributed by atoms with Crippen LogP contribution in [0.2, 0.25) is 0 Å². The second kappa shape index (κ2) is 6.12. The van der Waals surface area contributed by atoms with Crippen LogP contribution in [0.5, 0.6) is 0 Å². The van der Waals surface area contributed by atoms with Gasteiger partial charge in [0.15, 0.2) is 0 Å². The van der Waals surface area contributed by atoms with Gasteiger partial charge in [-0.3, -0.25) is 4.79 Å². The van der Waals surface area contributed by atoms with Crippen LogP contribution in [-0.2, 0) is 12.8 Å². The number of H-pyrrole nitrogens is 1. The summed E-state index contributed by atoms with van der Waals surface area (Å²) in [6.07, 6.45) is 9.60. The molecule has 5 rings (SSSR count). The SMILES string of the molecule is O=C(c1ccc2[nH]c3c(c2c1)CCCC3)N1CCC[C@@]2(CCC[C@H]2O)C1. The number of nitrogens with zero attached hydrogens (tertiary/aromatic N) is 1. The van der Waals surface area contributed by atoms with Gasteiger partial charge >= 0.3 is 0 Å². The van der Waals surface area contributed by atoms with E-state index in [9.17, 15) is 9.90 Å². The van der Waals surface area contributed by atoms with E-state index in [0.29, 0.717) is 0 Å². The number of aryl methyl sites for hydroxylation is 2. The molecule has 1 amide bonds. The van der Waals surface area contributed by atoms with Crippen LogP contribution in [-0.4, -0.2) is 40.1 Å². The molecule has 138 valence electrons. The van der Waals surface area contributed by atoms with Crippen LogP contribution in [0.4, 0.5) is 0 Å². The van der Waals surface area contributed by atoms with Crippen molar-refractivity contribution in [3.63, 3.8) is 0 Å². The van der Waals surface area contributed by atoms with Crippen LogP contribution in [0.15, 0.2) is 18.2 Å². The number of nitrogens with one attached hydrogen (secondary N) is 1. The van der Waals surface area contributed by atoms with Crippen molar-refractivity contribution in [3.05, 3.63) is 35.0 Å². The number of fused-ring (bicyclic) bond motifs is 3. The number of aromatic amines is 1. The van der Waals surface area contributed by atoms with Gasteiger partial charge in [-0.25, -0.2) is 0 Å². The maximum absolute atomic E-state index is 13.2. The minimum Gasteiger partial charge on any atom is -0.392 e. The summed E-state index contributed by atoms with van der Waals surface area (Å²) in [5, 5.41) is 11.7. The van der Waals surface area contributed by atoms with Gasteiger partial charge < -0.3 is 15.0 Å². The predicted octanol–water partition coefficient (Wildman–Crippen LogP) is 3.81. The molecule has 2 N–H and O–H groups in total. The molecule has 0 unspecified atom stereocenters. The largest absolute Gasteiger partial charge is 0.392 e. The average molecular weight is 352 g/mol. The van der Waals surface area contributed by atoms with Crippen molar-refractivity contribution in [1.82, 2.24) is 9.88 Å². The van der Waals surface area contributed by atoms with Gasteiger partial charge in [-0.1, -0.05) is 6.42 Å². The maximum atomic E-state index is 13.2. The molecule has 1 saturated heterocycles. The summed E-state index contributed by atoms with van der Waals surface area (Å²) in [6, 6.07) is 6.15. The van der Waals surface area contributed by atoms with Crippen LogP contribution in [0.3, 0.4) is 0 Å². The second-order valence-electron chi connectivity index (χ2n) is 8.65. The third kappa shape index (κ3) is 2.50. The zero-order valence-corrected chi connectivity index (χ0v) is 15.4. The lowest BCUT2D eigenvalue weighted by atomic mass is 9.76. The highest BCUT2D eigenvalue weighted by atomic mass is 16.3. The molecule has 2 atom stereocenters. The summed E-state index contributed by atoms with van der Waals surface area (Å²) in [7, 11) is 0. The molecule has 2 aliphatic carbocycles. The molecule has 4 heteroatoms. The molecule has 1 spiro atoms. The van der Waals surface area contributed by atoms with Crippen LogP contribution in [0.1, 0.15) is 66.6 Å². The molecule has 2 fully saturated rings. The monoisotopic (exact) mass is 352 g/mol. The smallest absolute Gasteiger partial charge is 0.253 e. The number of carbonyl (C=O) groups is 1. The first kappa shape index (κ1) is 16.4. The van der Waals surface area contributed by atoms with Crippen molar-refractivity contribution in [1.29, 1.82) is 0 Å². The summed E-state index contributed by atoms with van der Waals surface area (Å²) in [4.78, 5) is 18.8. The molecule has 0 radical (unpaired) electrons. The maximum Gasteiger partial charge on any atom is 0.253 e. The van der Waals surface area contributed by atoms with Crippen LogP contribution < -0.4 is 0 Å². The fraction of sp³-hybridized carbons (Fsp3) is 0.591. The third-order valence-corrected chi connectivity index (χ3v) is 7.10. The molecule has 0 bridgehead atoms. The topological polar surface area (TPSA) is 56.3 Å². The molecule has 1 aliphatic heterocycles. The molecule has 3 aliphatic rings. The third-order valence-electron chi connectivity index (χ3n) is 7.10. The lowest BCUT2D eigenvalue weighted by molar-refractivity contribution is -0.00535.